The quantitative estimate of drug-likeness (QED) is 0.333. The van der Waals surface area contributed by atoms with Crippen molar-refractivity contribution in [2.24, 2.45) is 0 Å². The molecule has 0 bridgehead atoms. The number of aryl methyl sites for hydroxylation is 1. The van der Waals surface area contributed by atoms with Crippen molar-refractivity contribution in [1.29, 1.82) is 0 Å². The van der Waals surface area contributed by atoms with Gasteiger partial charge in [0.15, 0.2) is 5.16 Å². The Kier molecular flexibility index (Phi) is 6.38. The summed E-state index contributed by atoms with van der Waals surface area (Å²) in [5, 5.41) is 16.0. The summed E-state index contributed by atoms with van der Waals surface area (Å²) in [5.41, 5.74) is 2.91. The van der Waals surface area contributed by atoms with Gasteiger partial charge in [0.25, 0.3) is 5.56 Å². The van der Waals surface area contributed by atoms with Gasteiger partial charge >= 0.3 is 0 Å². The molecule has 162 valence electrons. The highest BCUT2D eigenvalue weighted by molar-refractivity contribution is 7.99. The summed E-state index contributed by atoms with van der Waals surface area (Å²) in [4.78, 5) is 41.1. The molecule has 7 nitrogen and oxygen atoms in total. The number of benzene rings is 2. The molecular weight excluding hydrogens is 446 g/mol. The van der Waals surface area contributed by atoms with E-state index in [0.29, 0.717) is 27.6 Å². The number of fused-ring (bicyclic) bond motifs is 1. The molecule has 0 saturated heterocycles. The number of thiophene rings is 1. The Morgan fingerprint density at radius 2 is 1.81 bits per heavy atom. The molecule has 32 heavy (non-hydrogen) atoms. The molecule has 1 N–H and O–H groups in total. The number of thioether (sulfide) groups is 1. The van der Waals surface area contributed by atoms with E-state index in [4.69, 9.17) is 0 Å². The van der Waals surface area contributed by atoms with Crippen LogP contribution in [0, 0.1) is 6.92 Å². The van der Waals surface area contributed by atoms with E-state index in [0.717, 1.165) is 22.9 Å². The van der Waals surface area contributed by atoms with Gasteiger partial charge in [-0.1, -0.05) is 53.7 Å². The summed E-state index contributed by atoms with van der Waals surface area (Å²) in [6, 6.07) is 15.4. The minimum atomic E-state index is -1.30. The smallest absolute Gasteiger partial charge is 0.276 e. The van der Waals surface area contributed by atoms with Gasteiger partial charge in [-0.2, -0.15) is 0 Å². The minimum absolute atomic E-state index is 0.0108. The molecule has 0 aliphatic rings. The number of aromatic carboxylic acids is 1. The second-order valence-corrected chi connectivity index (χ2v) is 8.91. The lowest BCUT2D eigenvalue weighted by molar-refractivity contribution is -0.255. The van der Waals surface area contributed by atoms with Crippen molar-refractivity contribution in [3.8, 4) is 5.69 Å². The van der Waals surface area contributed by atoms with Gasteiger partial charge in [-0.05, 0) is 41.6 Å². The van der Waals surface area contributed by atoms with Crippen LogP contribution < -0.4 is 16.0 Å². The number of carbonyl (C=O) groups excluding carboxylic acids is 2. The molecule has 0 radical (unpaired) electrons. The maximum Gasteiger partial charge on any atom is 0.276 e. The first-order valence-electron chi connectivity index (χ1n) is 9.69. The van der Waals surface area contributed by atoms with Gasteiger partial charge in [-0.3, -0.25) is 14.2 Å². The first-order valence-corrected chi connectivity index (χ1v) is 11.6. The van der Waals surface area contributed by atoms with E-state index in [9.17, 15) is 19.5 Å². The molecule has 2 aromatic heterocycles. The summed E-state index contributed by atoms with van der Waals surface area (Å²) in [5.74, 6) is -1.41. The molecule has 0 spiro atoms. The number of rotatable bonds is 7. The van der Waals surface area contributed by atoms with Crippen LogP contribution in [0.4, 0.5) is 0 Å². The normalized spacial score (nSPS) is 10.9. The van der Waals surface area contributed by atoms with Crippen LogP contribution in [-0.2, 0) is 11.3 Å². The van der Waals surface area contributed by atoms with Gasteiger partial charge in [-0.25, -0.2) is 4.98 Å². The van der Waals surface area contributed by atoms with Gasteiger partial charge in [0.05, 0.1) is 22.9 Å². The Balaban J connectivity index is 1.56. The fourth-order valence-corrected chi connectivity index (χ4v) is 4.65. The number of nitrogens with zero attached hydrogens (tertiary/aromatic N) is 2. The van der Waals surface area contributed by atoms with E-state index in [-0.39, 0.29) is 22.8 Å². The Morgan fingerprint density at radius 1 is 1.09 bits per heavy atom. The highest BCUT2D eigenvalue weighted by atomic mass is 32.2. The molecule has 0 atom stereocenters. The zero-order valence-corrected chi connectivity index (χ0v) is 18.7. The van der Waals surface area contributed by atoms with E-state index in [2.05, 4.69) is 10.3 Å². The lowest BCUT2D eigenvalue weighted by atomic mass is 10.1. The van der Waals surface area contributed by atoms with Crippen LogP contribution in [0.15, 0.2) is 69.9 Å². The third-order valence-corrected chi connectivity index (χ3v) is 6.58. The number of amides is 1. The number of carboxylic acid groups (broad SMARTS) is 1. The largest absolute Gasteiger partial charge is 0.545 e. The number of hydrogen-bond acceptors (Lipinski definition) is 7. The van der Waals surface area contributed by atoms with Crippen LogP contribution >= 0.6 is 23.1 Å². The Bertz CT molecular complexity index is 1340. The monoisotopic (exact) mass is 464 g/mol. The van der Waals surface area contributed by atoms with Gasteiger partial charge < -0.3 is 15.2 Å². The van der Waals surface area contributed by atoms with Crippen molar-refractivity contribution in [3.63, 3.8) is 0 Å². The number of hydrogen-bond donors (Lipinski definition) is 1. The van der Waals surface area contributed by atoms with E-state index in [1.54, 1.807) is 11.4 Å². The SMILES string of the molecule is Cc1ccc(CNC(=O)CSc2nc3ccsc3c(=O)n2-c2ccc(C(=O)[O-])cc2)cc1. The molecular formula is C23H18N3O4S2-. The lowest BCUT2D eigenvalue weighted by Gasteiger charge is -2.13. The van der Waals surface area contributed by atoms with Crippen LogP contribution in [0.1, 0.15) is 21.5 Å². The molecule has 0 aliphatic heterocycles. The summed E-state index contributed by atoms with van der Waals surface area (Å²) in [7, 11) is 0. The maximum absolute atomic E-state index is 13.1. The first kappa shape index (κ1) is 21.8. The average Bonchev–Trinajstić information content (AvgIpc) is 3.26. The molecule has 4 aromatic rings. The number of aromatic nitrogens is 2. The summed E-state index contributed by atoms with van der Waals surface area (Å²) in [6.07, 6.45) is 0. The minimum Gasteiger partial charge on any atom is -0.545 e. The van der Waals surface area contributed by atoms with E-state index >= 15 is 0 Å². The third-order valence-electron chi connectivity index (χ3n) is 4.75. The van der Waals surface area contributed by atoms with E-state index < -0.39 is 5.97 Å². The second kappa shape index (κ2) is 9.37. The number of nitrogens with one attached hydrogen (secondary N) is 1. The fourth-order valence-electron chi connectivity index (χ4n) is 3.05. The molecule has 0 unspecified atom stereocenters. The highest BCUT2D eigenvalue weighted by Gasteiger charge is 2.16. The molecule has 0 aliphatic carbocycles. The van der Waals surface area contributed by atoms with Crippen LogP contribution in [0.5, 0.6) is 0 Å². The predicted octanol–water partition coefficient (Wildman–Crippen LogP) is 2.53. The van der Waals surface area contributed by atoms with Crippen LogP contribution in [0.2, 0.25) is 0 Å². The third kappa shape index (κ3) is 4.74. The zero-order chi connectivity index (χ0) is 22.7. The van der Waals surface area contributed by atoms with E-state index in [1.807, 2.05) is 31.2 Å². The molecule has 2 heterocycles. The molecule has 4 rings (SSSR count). The fraction of sp³-hybridized carbons (Fsp3) is 0.130. The highest BCUT2D eigenvalue weighted by Crippen LogP contribution is 2.23. The molecule has 1 amide bonds. The molecule has 9 heteroatoms. The molecule has 0 saturated carbocycles. The Morgan fingerprint density at radius 3 is 2.50 bits per heavy atom. The summed E-state index contributed by atoms with van der Waals surface area (Å²) >= 11 is 2.43. The maximum atomic E-state index is 13.1. The van der Waals surface area contributed by atoms with Crippen molar-refractivity contribution in [3.05, 3.63) is 87.0 Å². The molecule has 2 aromatic carbocycles. The van der Waals surface area contributed by atoms with Crippen LogP contribution in [0.25, 0.3) is 15.9 Å². The summed E-state index contributed by atoms with van der Waals surface area (Å²) in [6.45, 7) is 2.41. The van der Waals surface area contributed by atoms with Gasteiger partial charge in [0.2, 0.25) is 5.91 Å². The van der Waals surface area contributed by atoms with Gasteiger partial charge in [0, 0.05) is 6.54 Å². The van der Waals surface area contributed by atoms with Crippen LogP contribution in [-0.4, -0.2) is 27.2 Å². The Hall–Kier alpha value is -3.43. The van der Waals surface area contributed by atoms with Gasteiger partial charge in [0.1, 0.15) is 4.70 Å². The lowest BCUT2D eigenvalue weighted by Crippen LogP contribution is -2.26. The first-order chi connectivity index (χ1) is 15.4. The second-order valence-electron chi connectivity index (χ2n) is 7.06. The zero-order valence-electron chi connectivity index (χ0n) is 17.0. The molecule has 0 fully saturated rings. The van der Waals surface area contributed by atoms with Crippen molar-refractivity contribution < 1.29 is 14.7 Å². The average molecular weight is 465 g/mol. The van der Waals surface area contributed by atoms with Crippen molar-refractivity contribution in [1.82, 2.24) is 14.9 Å². The van der Waals surface area contributed by atoms with Crippen molar-refractivity contribution in [2.45, 2.75) is 18.6 Å². The standard InChI is InChI=1S/C23H19N3O4S2/c1-14-2-4-15(5-3-14)12-24-19(27)13-32-23-25-18-10-11-31-20(18)21(28)26(23)17-8-6-16(7-9-17)22(29)30/h2-11H,12-13H2,1H3,(H,24,27)(H,29,30)/p-1. The van der Waals surface area contributed by atoms with Gasteiger partial charge in [-0.15, -0.1) is 11.3 Å². The Labute approximate surface area is 191 Å². The number of carbonyl (C=O) groups is 2. The van der Waals surface area contributed by atoms with E-state index in [1.165, 1.54) is 40.2 Å². The summed E-state index contributed by atoms with van der Waals surface area (Å²) < 4.78 is 1.89. The number of carboxylic acids is 1. The van der Waals surface area contributed by atoms with Crippen LogP contribution in [0.3, 0.4) is 0 Å². The van der Waals surface area contributed by atoms with Crippen molar-refractivity contribution >= 4 is 45.2 Å². The topological polar surface area (TPSA) is 104 Å². The predicted molar refractivity (Wildman–Crippen MR) is 123 cm³/mol. The van der Waals surface area contributed by atoms with Crippen molar-refractivity contribution in [2.75, 3.05) is 5.75 Å².